The zero-order chi connectivity index (χ0) is 21.7. The fourth-order valence-electron chi connectivity index (χ4n) is 7.12. The summed E-state index contributed by atoms with van der Waals surface area (Å²) in [7, 11) is 0. The van der Waals surface area contributed by atoms with Crippen molar-refractivity contribution in [2.75, 3.05) is 18.4 Å². The lowest BCUT2D eigenvalue weighted by atomic mass is 9.63. The van der Waals surface area contributed by atoms with Crippen molar-refractivity contribution in [2.45, 2.75) is 57.2 Å². The van der Waals surface area contributed by atoms with Crippen LogP contribution in [0.15, 0.2) is 48.5 Å². The van der Waals surface area contributed by atoms with Crippen molar-refractivity contribution in [3.05, 3.63) is 59.7 Å². The predicted molar refractivity (Wildman–Crippen MR) is 124 cm³/mol. The van der Waals surface area contributed by atoms with Gasteiger partial charge in [0, 0.05) is 30.2 Å². The van der Waals surface area contributed by atoms with Gasteiger partial charge in [-0.25, -0.2) is 4.79 Å². The number of hydrogen-bond acceptors (Lipinski definition) is 5. The number of rotatable bonds is 4. The van der Waals surface area contributed by atoms with Gasteiger partial charge < -0.3 is 14.8 Å². The third-order valence-electron chi connectivity index (χ3n) is 8.37. The molecule has 4 bridgehead atoms. The molecule has 168 valence electrons. The topological polar surface area (TPSA) is 50.8 Å². The Morgan fingerprint density at radius 1 is 1.16 bits per heavy atom. The summed E-state index contributed by atoms with van der Waals surface area (Å²) >= 11 is 0. The summed E-state index contributed by atoms with van der Waals surface area (Å²) < 4.78 is 10.9. The number of anilines is 1. The molecule has 5 aliphatic rings. The van der Waals surface area contributed by atoms with Crippen molar-refractivity contribution < 1.29 is 14.3 Å². The van der Waals surface area contributed by atoms with E-state index in [0.717, 1.165) is 23.4 Å². The Kier molecular flexibility index (Phi) is 5.09. The van der Waals surface area contributed by atoms with Crippen LogP contribution in [0.4, 0.5) is 10.5 Å². The molecular formula is C27H32N2O3. The molecule has 0 amide bonds. The standard InChI is InChI=1S/C27H32N2O3/c1-2-19-12-18-13-23-25-21(10-11-29(15-18)26(19)23)22-14-20(8-9-24(22)28-25)32-27(30)31-16-17-6-4-3-5-7-17/h3-9,14,18-19,21,23,25-26,28H,2,10-13,15-16H2,1H3. The van der Waals surface area contributed by atoms with E-state index in [2.05, 4.69) is 29.3 Å². The van der Waals surface area contributed by atoms with Crippen LogP contribution in [-0.2, 0) is 11.3 Å². The summed E-state index contributed by atoms with van der Waals surface area (Å²) in [4.78, 5) is 15.1. The van der Waals surface area contributed by atoms with Gasteiger partial charge in [0.05, 0.1) is 0 Å². The molecule has 2 aromatic carbocycles. The van der Waals surface area contributed by atoms with E-state index in [9.17, 15) is 4.79 Å². The van der Waals surface area contributed by atoms with Crippen molar-refractivity contribution in [3.8, 4) is 5.75 Å². The highest BCUT2D eigenvalue weighted by molar-refractivity contribution is 5.67. The first kappa shape index (κ1) is 20.1. The van der Waals surface area contributed by atoms with Gasteiger partial charge in [-0.05, 0) is 72.9 Å². The second-order valence-corrected chi connectivity index (χ2v) is 10.1. The van der Waals surface area contributed by atoms with Crippen molar-refractivity contribution in [1.82, 2.24) is 4.90 Å². The molecule has 4 aliphatic heterocycles. The summed E-state index contributed by atoms with van der Waals surface area (Å²) in [6.45, 7) is 5.06. The number of fused-ring (bicyclic) bond motifs is 4. The van der Waals surface area contributed by atoms with Gasteiger partial charge in [-0.1, -0.05) is 43.7 Å². The van der Waals surface area contributed by atoms with Crippen LogP contribution in [0.1, 0.15) is 49.7 Å². The highest BCUT2D eigenvalue weighted by atomic mass is 16.7. The average Bonchev–Trinajstić information content (AvgIpc) is 3.14. The minimum atomic E-state index is -0.651. The van der Waals surface area contributed by atoms with Gasteiger partial charge >= 0.3 is 6.16 Å². The van der Waals surface area contributed by atoms with Crippen LogP contribution in [0.5, 0.6) is 5.75 Å². The van der Waals surface area contributed by atoms with E-state index in [1.807, 2.05) is 36.4 Å². The lowest BCUT2D eigenvalue weighted by Crippen LogP contribution is -2.59. The Morgan fingerprint density at radius 2 is 2.03 bits per heavy atom. The van der Waals surface area contributed by atoms with E-state index in [-0.39, 0.29) is 6.61 Å². The highest BCUT2D eigenvalue weighted by Crippen LogP contribution is 2.53. The fraction of sp³-hybridized carbons (Fsp3) is 0.519. The molecule has 0 spiro atoms. The number of carbonyl (C=O) groups excluding carboxylic acids is 1. The van der Waals surface area contributed by atoms with Gasteiger partial charge in [0.25, 0.3) is 0 Å². The van der Waals surface area contributed by atoms with Gasteiger partial charge in [-0.15, -0.1) is 0 Å². The molecule has 4 heterocycles. The quantitative estimate of drug-likeness (QED) is 0.516. The lowest BCUT2D eigenvalue weighted by molar-refractivity contribution is -0.0383. The maximum absolute atomic E-state index is 12.3. The monoisotopic (exact) mass is 432 g/mol. The molecule has 7 unspecified atom stereocenters. The lowest BCUT2D eigenvalue weighted by Gasteiger charge is -2.54. The Bertz CT molecular complexity index is 994. The minimum absolute atomic E-state index is 0.218. The fourth-order valence-corrected chi connectivity index (χ4v) is 7.12. The Labute approximate surface area is 190 Å². The van der Waals surface area contributed by atoms with E-state index in [0.29, 0.717) is 23.6 Å². The molecule has 7 atom stereocenters. The molecule has 0 radical (unpaired) electrons. The molecule has 4 fully saturated rings. The summed E-state index contributed by atoms with van der Waals surface area (Å²) in [6, 6.07) is 16.9. The number of benzene rings is 2. The molecule has 2 aromatic rings. The molecule has 5 nitrogen and oxygen atoms in total. The largest absolute Gasteiger partial charge is 0.514 e. The summed E-state index contributed by atoms with van der Waals surface area (Å²) in [6.07, 6.45) is 4.59. The van der Waals surface area contributed by atoms with Crippen LogP contribution in [0.2, 0.25) is 0 Å². The van der Waals surface area contributed by atoms with Crippen molar-refractivity contribution in [3.63, 3.8) is 0 Å². The highest BCUT2D eigenvalue weighted by Gasteiger charge is 2.53. The Balaban J connectivity index is 1.18. The normalized spacial score (nSPS) is 34.1. The zero-order valence-electron chi connectivity index (χ0n) is 18.7. The molecule has 32 heavy (non-hydrogen) atoms. The maximum atomic E-state index is 12.3. The number of carbonyl (C=O) groups is 1. The SMILES string of the molecule is CCC1CC2CC3C4Nc5ccc(OC(=O)OCc6ccccc6)cc5C4CCN(C2)C13. The Hall–Kier alpha value is -2.53. The van der Waals surface area contributed by atoms with Crippen LogP contribution < -0.4 is 10.1 Å². The van der Waals surface area contributed by atoms with Crippen molar-refractivity contribution >= 4 is 11.8 Å². The number of nitrogens with zero attached hydrogens (tertiary/aromatic N) is 1. The van der Waals surface area contributed by atoms with E-state index in [1.54, 1.807) is 0 Å². The van der Waals surface area contributed by atoms with Crippen LogP contribution in [0, 0.1) is 17.8 Å². The van der Waals surface area contributed by atoms with Gasteiger partial charge in [-0.2, -0.15) is 0 Å². The van der Waals surface area contributed by atoms with Crippen LogP contribution in [0.3, 0.4) is 0 Å². The van der Waals surface area contributed by atoms with E-state index >= 15 is 0 Å². The summed E-state index contributed by atoms with van der Waals surface area (Å²) in [5.41, 5.74) is 3.47. The van der Waals surface area contributed by atoms with Gasteiger partial charge in [-0.3, -0.25) is 4.90 Å². The van der Waals surface area contributed by atoms with Crippen molar-refractivity contribution in [1.29, 1.82) is 0 Å². The van der Waals surface area contributed by atoms with E-state index in [1.165, 1.54) is 50.0 Å². The molecule has 7 rings (SSSR count). The molecule has 1 N–H and O–H groups in total. The van der Waals surface area contributed by atoms with Crippen molar-refractivity contribution in [2.24, 2.45) is 17.8 Å². The number of hydrogen-bond donors (Lipinski definition) is 1. The van der Waals surface area contributed by atoms with E-state index in [4.69, 9.17) is 9.47 Å². The molecule has 3 saturated heterocycles. The first-order valence-corrected chi connectivity index (χ1v) is 12.2. The number of ether oxygens (including phenoxy) is 2. The number of piperidine rings is 2. The third kappa shape index (κ3) is 3.47. The van der Waals surface area contributed by atoms with Gasteiger partial charge in [0.1, 0.15) is 12.4 Å². The van der Waals surface area contributed by atoms with Crippen LogP contribution in [-0.4, -0.2) is 36.2 Å². The summed E-state index contributed by atoms with van der Waals surface area (Å²) in [5, 5.41) is 3.89. The third-order valence-corrected chi connectivity index (χ3v) is 8.37. The Morgan fingerprint density at radius 3 is 2.88 bits per heavy atom. The zero-order valence-corrected chi connectivity index (χ0v) is 18.7. The second kappa shape index (κ2) is 8.11. The smallest absolute Gasteiger partial charge is 0.429 e. The number of nitrogens with one attached hydrogen (secondary N) is 1. The van der Waals surface area contributed by atoms with Crippen LogP contribution in [0.25, 0.3) is 0 Å². The van der Waals surface area contributed by atoms with Crippen LogP contribution >= 0.6 is 0 Å². The molecule has 5 heteroatoms. The maximum Gasteiger partial charge on any atom is 0.514 e. The first-order chi connectivity index (χ1) is 15.7. The molecule has 0 aromatic heterocycles. The first-order valence-electron chi connectivity index (χ1n) is 12.2. The summed E-state index contributed by atoms with van der Waals surface area (Å²) in [5.74, 6) is 3.48. The van der Waals surface area contributed by atoms with Gasteiger partial charge in [0.15, 0.2) is 0 Å². The average molecular weight is 433 g/mol. The molecular weight excluding hydrogens is 400 g/mol. The predicted octanol–water partition coefficient (Wildman–Crippen LogP) is 5.42. The van der Waals surface area contributed by atoms with E-state index < -0.39 is 6.16 Å². The molecule has 1 saturated carbocycles. The minimum Gasteiger partial charge on any atom is -0.429 e. The molecule has 1 aliphatic carbocycles. The van der Waals surface area contributed by atoms with Gasteiger partial charge in [0.2, 0.25) is 0 Å². The second-order valence-electron chi connectivity index (χ2n) is 10.1.